The van der Waals surface area contributed by atoms with E-state index >= 15 is 0 Å². The van der Waals surface area contributed by atoms with Crippen LogP contribution in [0.4, 0.5) is 5.69 Å². The van der Waals surface area contributed by atoms with Crippen LogP contribution >= 0.6 is 23.8 Å². The Morgan fingerprint density at radius 2 is 1.71 bits per heavy atom. The molecule has 0 aliphatic carbocycles. The van der Waals surface area contributed by atoms with Crippen molar-refractivity contribution in [3.63, 3.8) is 0 Å². The second-order valence-electron chi connectivity index (χ2n) is 8.38. The minimum absolute atomic E-state index is 0.0389. The third kappa shape index (κ3) is 5.45. The quantitative estimate of drug-likeness (QED) is 0.263. The maximum absolute atomic E-state index is 13.3. The normalized spacial score (nSPS) is 14.9. The number of ether oxygens (including phenoxy) is 1. The molecule has 1 aliphatic rings. The van der Waals surface area contributed by atoms with Crippen LogP contribution in [-0.2, 0) is 16.0 Å². The Hall–Kier alpha value is -3.48. The molecule has 0 atom stereocenters. The molecular weight excluding hydrogens is 480 g/mol. The van der Waals surface area contributed by atoms with Crippen molar-refractivity contribution in [1.82, 2.24) is 5.32 Å². The fourth-order valence-electron chi connectivity index (χ4n) is 4.18. The zero-order valence-corrected chi connectivity index (χ0v) is 21.3. The van der Waals surface area contributed by atoms with Gasteiger partial charge in [-0.05, 0) is 74.5 Å². The number of amides is 2. The van der Waals surface area contributed by atoms with Crippen LogP contribution in [0.5, 0.6) is 5.75 Å². The second kappa shape index (κ2) is 10.4. The molecule has 0 saturated carbocycles. The third-order valence-electron chi connectivity index (χ3n) is 5.57. The summed E-state index contributed by atoms with van der Waals surface area (Å²) in [6, 6.07) is 18.9. The zero-order chi connectivity index (χ0) is 25.1. The highest BCUT2D eigenvalue weighted by Gasteiger charge is 2.34. The summed E-state index contributed by atoms with van der Waals surface area (Å²) in [6.07, 6.45) is 2.12. The smallest absolute Gasteiger partial charge is 0.270 e. The molecule has 3 aromatic rings. The lowest BCUT2D eigenvalue weighted by Crippen LogP contribution is -2.54. The Balaban J connectivity index is 1.72. The maximum atomic E-state index is 13.3. The Morgan fingerprint density at radius 1 is 1.03 bits per heavy atom. The number of carbonyl (C=O) groups excluding carboxylic acids is 2. The van der Waals surface area contributed by atoms with Crippen LogP contribution < -0.4 is 15.0 Å². The summed E-state index contributed by atoms with van der Waals surface area (Å²) in [4.78, 5) is 27.3. The van der Waals surface area contributed by atoms with Gasteiger partial charge in [-0.1, -0.05) is 59.1 Å². The molecule has 1 fully saturated rings. The van der Waals surface area contributed by atoms with Crippen LogP contribution in [0.25, 0.3) is 6.08 Å². The van der Waals surface area contributed by atoms with E-state index in [0.717, 1.165) is 11.1 Å². The average Bonchev–Trinajstić information content (AvgIpc) is 2.79. The molecule has 1 saturated heterocycles. The van der Waals surface area contributed by atoms with Crippen molar-refractivity contribution in [3.05, 3.63) is 99.1 Å². The predicted molar refractivity (Wildman–Crippen MR) is 144 cm³/mol. The van der Waals surface area contributed by atoms with Crippen LogP contribution in [0, 0.1) is 13.8 Å². The van der Waals surface area contributed by atoms with Crippen molar-refractivity contribution >= 4 is 52.5 Å². The van der Waals surface area contributed by atoms with Gasteiger partial charge in [-0.25, -0.2) is 0 Å². The average molecular weight is 505 g/mol. The molecule has 0 unspecified atom stereocenters. The number of rotatable bonds is 6. The van der Waals surface area contributed by atoms with Gasteiger partial charge in [0.25, 0.3) is 11.8 Å². The number of carbonyl (C=O) groups is 2. The van der Waals surface area contributed by atoms with Crippen LogP contribution in [-0.4, -0.2) is 23.5 Å². The monoisotopic (exact) mass is 504 g/mol. The number of aryl methyl sites for hydroxylation is 2. The Kier molecular flexibility index (Phi) is 7.34. The van der Waals surface area contributed by atoms with Gasteiger partial charge in [0, 0.05) is 17.0 Å². The Labute approximate surface area is 215 Å². The van der Waals surface area contributed by atoms with E-state index in [1.165, 1.54) is 22.1 Å². The van der Waals surface area contributed by atoms with E-state index in [0.29, 0.717) is 35.1 Å². The lowest BCUT2D eigenvalue weighted by Gasteiger charge is -2.28. The highest BCUT2D eigenvalue weighted by molar-refractivity contribution is 7.80. The molecule has 178 valence electrons. The number of thiocarbonyl (C=S) groups is 1. The number of benzene rings is 3. The molecule has 5 nitrogen and oxygen atoms in total. The minimum Gasteiger partial charge on any atom is -0.494 e. The molecule has 7 heteroatoms. The third-order valence-corrected chi connectivity index (χ3v) is 6.19. The van der Waals surface area contributed by atoms with Gasteiger partial charge >= 0.3 is 0 Å². The molecule has 4 rings (SSSR count). The summed E-state index contributed by atoms with van der Waals surface area (Å²) >= 11 is 12.0. The SMILES string of the molecule is CCOc1cc(/C=C2/C(=O)NC(=S)N(c3ccccc3)C2=O)cc(Cl)c1Cc1cc(C)cc(C)c1. The van der Waals surface area contributed by atoms with Crippen molar-refractivity contribution in [2.24, 2.45) is 0 Å². The highest BCUT2D eigenvalue weighted by Crippen LogP contribution is 2.33. The summed E-state index contributed by atoms with van der Waals surface area (Å²) in [5.74, 6) is -0.441. The van der Waals surface area contributed by atoms with E-state index < -0.39 is 11.8 Å². The number of halogens is 1. The van der Waals surface area contributed by atoms with Gasteiger partial charge in [0.2, 0.25) is 0 Å². The summed E-state index contributed by atoms with van der Waals surface area (Å²) < 4.78 is 5.91. The van der Waals surface area contributed by atoms with Crippen LogP contribution in [0.1, 0.15) is 34.7 Å². The standard InChI is InChI=1S/C28H25ClN2O3S/c1-4-34-25-16-20(15-24(29)22(25)13-19-11-17(2)10-18(3)12-19)14-23-26(32)30-28(35)31(27(23)33)21-8-6-5-7-9-21/h5-12,14-16H,4,13H2,1-3H3,(H,30,32,35)/b23-14-. The largest absolute Gasteiger partial charge is 0.494 e. The van der Waals surface area contributed by atoms with Crippen LogP contribution in [0.15, 0.2) is 66.2 Å². The summed E-state index contributed by atoms with van der Waals surface area (Å²) in [6.45, 7) is 6.48. The molecule has 3 aromatic carbocycles. The van der Waals surface area contributed by atoms with E-state index in [-0.39, 0.29) is 10.7 Å². The van der Waals surface area contributed by atoms with E-state index in [1.807, 2.05) is 13.0 Å². The molecule has 0 aromatic heterocycles. The van der Waals surface area contributed by atoms with Crippen molar-refractivity contribution in [3.8, 4) is 5.75 Å². The molecule has 1 aliphatic heterocycles. The van der Waals surface area contributed by atoms with Crippen molar-refractivity contribution in [1.29, 1.82) is 0 Å². The second-order valence-corrected chi connectivity index (χ2v) is 9.17. The number of nitrogens with one attached hydrogen (secondary N) is 1. The Bertz CT molecular complexity index is 1330. The van der Waals surface area contributed by atoms with Crippen molar-refractivity contribution in [2.45, 2.75) is 27.2 Å². The minimum atomic E-state index is -0.555. The van der Waals surface area contributed by atoms with Crippen molar-refractivity contribution in [2.75, 3.05) is 11.5 Å². The van der Waals surface area contributed by atoms with Gasteiger partial charge in [-0.3, -0.25) is 19.8 Å². The van der Waals surface area contributed by atoms with E-state index in [4.69, 9.17) is 28.6 Å². The number of nitrogens with zero attached hydrogens (tertiary/aromatic N) is 1. The molecule has 1 heterocycles. The first kappa shape index (κ1) is 24.6. The fraction of sp³-hybridized carbons (Fsp3) is 0.179. The zero-order valence-electron chi connectivity index (χ0n) is 19.7. The van der Waals surface area contributed by atoms with Gasteiger partial charge in [0.05, 0.1) is 12.3 Å². The lowest BCUT2D eigenvalue weighted by molar-refractivity contribution is -0.122. The molecule has 0 bridgehead atoms. The summed E-state index contributed by atoms with van der Waals surface area (Å²) in [5, 5.41) is 3.15. The van der Waals surface area contributed by atoms with Crippen LogP contribution in [0.3, 0.4) is 0 Å². The number of hydrogen-bond acceptors (Lipinski definition) is 4. The number of hydrogen-bond donors (Lipinski definition) is 1. The molecule has 2 amide bonds. The van der Waals surface area contributed by atoms with E-state index in [1.54, 1.807) is 36.4 Å². The molecule has 0 radical (unpaired) electrons. The molecule has 0 spiro atoms. The number of para-hydroxylation sites is 1. The molecular formula is C28H25ClN2O3S. The lowest BCUT2D eigenvalue weighted by atomic mass is 9.98. The molecule has 1 N–H and O–H groups in total. The van der Waals surface area contributed by atoms with Gasteiger partial charge in [0.15, 0.2) is 5.11 Å². The van der Waals surface area contributed by atoms with Gasteiger partial charge < -0.3 is 4.74 Å². The maximum Gasteiger partial charge on any atom is 0.270 e. The first-order valence-corrected chi connectivity index (χ1v) is 12.0. The van der Waals surface area contributed by atoms with Gasteiger partial charge in [-0.15, -0.1) is 0 Å². The van der Waals surface area contributed by atoms with Crippen molar-refractivity contribution < 1.29 is 14.3 Å². The van der Waals surface area contributed by atoms with Crippen LogP contribution in [0.2, 0.25) is 5.02 Å². The number of anilines is 1. The first-order chi connectivity index (χ1) is 16.8. The fourth-order valence-corrected chi connectivity index (χ4v) is 4.75. The van der Waals surface area contributed by atoms with Gasteiger partial charge in [0.1, 0.15) is 11.3 Å². The Morgan fingerprint density at radius 3 is 2.37 bits per heavy atom. The van der Waals surface area contributed by atoms with Gasteiger partial charge in [-0.2, -0.15) is 0 Å². The highest BCUT2D eigenvalue weighted by atomic mass is 35.5. The summed E-state index contributed by atoms with van der Waals surface area (Å²) in [7, 11) is 0. The topological polar surface area (TPSA) is 58.6 Å². The van der Waals surface area contributed by atoms with E-state index in [2.05, 4.69) is 37.4 Å². The van der Waals surface area contributed by atoms with E-state index in [9.17, 15) is 9.59 Å². The summed E-state index contributed by atoms with van der Waals surface area (Å²) in [5.41, 5.74) is 5.46. The first-order valence-electron chi connectivity index (χ1n) is 11.3. The molecule has 35 heavy (non-hydrogen) atoms. The predicted octanol–water partition coefficient (Wildman–Crippen LogP) is 5.78.